The first-order chi connectivity index (χ1) is 8.78. The second-order valence-corrected chi connectivity index (χ2v) is 5.37. The van der Waals surface area contributed by atoms with Crippen LogP contribution in [0.25, 0.3) is 0 Å². The number of likely N-dealkylation sites (tertiary alicyclic amines) is 1. The third-order valence-electron chi connectivity index (χ3n) is 3.65. The molecule has 1 fully saturated rings. The minimum absolute atomic E-state index is 0.679. The Morgan fingerprint density at radius 1 is 1.33 bits per heavy atom. The van der Waals surface area contributed by atoms with Crippen LogP contribution in [-0.4, -0.2) is 35.6 Å². The van der Waals surface area contributed by atoms with Gasteiger partial charge in [-0.15, -0.1) is 0 Å². The first kappa shape index (κ1) is 13.5. The van der Waals surface area contributed by atoms with E-state index in [4.69, 9.17) is 0 Å². The molecule has 2 rings (SSSR count). The minimum Gasteiger partial charge on any atom is -0.310 e. The molecular formula is C15H25N3. The fourth-order valence-corrected chi connectivity index (χ4v) is 2.65. The highest BCUT2D eigenvalue weighted by atomic mass is 15.1. The van der Waals surface area contributed by atoms with E-state index in [1.165, 1.54) is 50.0 Å². The average Bonchev–Trinajstić information content (AvgIpc) is 2.38. The van der Waals surface area contributed by atoms with Crippen LogP contribution in [0.15, 0.2) is 18.5 Å². The van der Waals surface area contributed by atoms with Gasteiger partial charge in [-0.25, -0.2) is 0 Å². The summed E-state index contributed by atoms with van der Waals surface area (Å²) in [6, 6.07) is 2.89. The Balaban J connectivity index is 1.72. The quantitative estimate of drug-likeness (QED) is 0.865. The predicted octanol–water partition coefficient (Wildman–Crippen LogP) is 2.35. The molecule has 3 heteroatoms. The lowest BCUT2D eigenvalue weighted by atomic mass is 10.0. The molecule has 1 saturated heterocycles. The number of piperidine rings is 1. The Morgan fingerprint density at radius 2 is 2.11 bits per heavy atom. The summed E-state index contributed by atoms with van der Waals surface area (Å²) >= 11 is 0. The molecule has 0 bridgehead atoms. The molecule has 3 nitrogen and oxygen atoms in total. The topological polar surface area (TPSA) is 28.2 Å². The molecule has 0 amide bonds. The molecule has 0 saturated carbocycles. The monoisotopic (exact) mass is 247 g/mol. The summed E-state index contributed by atoms with van der Waals surface area (Å²) < 4.78 is 0. The van der Waals surface area contributed by atoms with Crippen LogP contribution in [0.3, 0.4) is 0 Å². The normalized spacial score (nSPS) is 18.1. The van der Waals surface area contributed by atoms with Crippen molar-refractivity contribution in [3.05, 3.63) is 29.6 Å². The number of rotatable bonds is 5. The third kappa shape index (κ3) is 4.07. The van der Waals surface area contributed by atoms with E-state index in [-0.39, 0.29) is 0 Å². The molecule has 1 aliphatic rings. The summed E-state index contributed by atoms with van der Waals surface area (Å²) in [6.07, 6.45) is 7.70. The van der Waals surface area contributed by atoms with Crippen molar-refractivity contribution in [2.24, 2.45) is 0 Å². The summed E-state index contributed by atoms with van der Waals surface area (Å²) in [7, 11) is 0. The van der Waals surface area contributed by atoms with Gasteiger partial charge in [-0.3, -0.25) is 4.98 Å². The molecule has 0 atom stereocenters. The van der Waals surface area contributed by atoms with E-state index in [1.807, 2.05) is 12.4 Å². The van der Waals surface area contributed by atoms with Gasteiger partial charge in [0.05, 0.1) is 0 Å². The molecule has 0 spiro atoms. The molecule has 0 aliphatic carbocycles. The van der Waals surface area contributed by atoms with Crippen molar-refractivity contribution < 1.29 is 0 Å². The average molecular weight is 247 g/mol. The van der Waals surface area contributed by atoms with Gasteiger partial charge in [0.2, 0.25) is 0 Å². The zero-order chi connectivity index (χ0) is 12.8. The highest BCUT2D eigenvalue weighted by Gasteiger charge is 2.17. The van der Waals surface area contributed by atoms with Gasteiger partial charge in [0.1, 0.15) is 0 Å². The first-order valence-electron chi connectivity index (χ1n) is 7.14. The van der Waals surface area contributed by atoms with Crippen LogP contribution in [0.5, 0.6) is 0 Å². The Hall–Kier alpha value is -0.930. The summed E-state index contributed by atoms with van der Waals surface area (Å²) in [4.78, 5) is 6.81. The van der Waals surface area contributed by atoms with Crippen LogP contribution in [0, 0.1) is 6.92 Å². The zero-order valence-electron chi connectivity index (χ0n) is 11.7. The van der Waals surface area contributed by atoms with Crippen LogP contribution in [0.4, 0.5) is 0 Å². The van der Waals surface area contributed by atoms with Gasteiger partial charge in [-0.1, -0.05) is 13.0 Å². The number of nitrogens with zero attached hydrogens (tertiary/aromatic N) is 2. The second kappa shape index (κ2) is 6.86. The van der Waals surface area contributed by atoms with Gasteiger partial charge in [0.25, 0.3) is 0 Å². The van der Waals surface area contributed by atoms with Crippen LogP contribution in [0.2, 0.25) is 0 Å². The lowest BCUT2D eigenvalue weighted by Crippen LogP contribution is -2.42. The van der Waals surface area contributed by atoms with Crippen LogP contribution < -0.4 is 5.32 Å². The van der Waals surface area contributed by atoms with E-state index < -0.39 is 0 Å². The Labute approximate surface area is 111 Å². The number of pyridine rings is 1. The van der Waals surface area contributed by atoms with Crippen molar-refractivity contribution in [3.63, 3.8) is 0 Å². The third-order valence-corrected chi connectivity index (χ3v) is 3.65. The maximum Gasteiger partial charge on any atom is 0.0313 e. The summed E-state index contributed by atoms with van der Waals surface area (Å²) in [5.74, 6) is 0. The van der Waals surface area contributed by atoms with Gasteiger partial charge in [0, 0.05) is 25.0 Å². The largest absolute Gasteiger partial charge is 0.310 e. The van der Waals surface area contributed by atoms with Crippen LogP contribution in [0.1, 0.15) is 37.3 Å². The lowest BCUT2D eigenvalue weighted by Gasteiger charge is -2.32. The highest BCUT2D eigenvalue weighted by Crippen LogP contribution is 2.11. The fraction of sp³-hybridized carbons (Fsp3) is 0.667. The molecule has 18 heavy (non-hydrogen) atoms. The molecule has 1 aromatic rings. The molecule has 1 N–H and O–H groups in total. The smallest absolute Gasteiger partial charge is 0.0313 e. The van der Waals surface area contributed by atoms with E-state index in [0.29, 0.717) is 6.04 Å². The summed E-state index contributed by atoms with van der Waals surface area (Å²) in [6.45, 7) is 9.06. The van der Waals surface area contributed by atoms with Gasteiger partial charge in [0.15, 0.2) is 0 Å². The highest BCUT2D eigenvalue weighted by molar-refractivity contribution is 5.16. The molecule has 2 heterocycles. The summed E-state index contributed by atoms with van der Waals surface area (Å²) in [5.41, 5.74) is 2.54. The van der Waals surface area contributed by atoms with Crippen molar-refractivity contribution >= 4 is 0 Å². The number of nitrogens with one attached hydrogen (secondary N) is 1. The van der Waals surface area contributed by atoms with Gasteiger partial charge < -0.3 is 10.2 Å². The number of aryl methyl sites for hydroxylation is 1. The maximum atomic E-state index is 4.24. The van der Waals surface area contributed by atoms with E-state index in [2.05, 4.69) is 35.1 Å². The van der Waals surface area contributed by atoms with Crippen molar-refractivity contribution in [1.29, 1.82) is 0 Å². The van der Waals surface area contributed by atoms with Gasteiger partial charge in [-0.2, -0.15) is 0 Å². The van der Waals surface area contributed by atoms with E-state index in [0.717, 1.165) is 6.54 Å². The molecule has 0 unspecified atom stereocenters. The van der Waals surface area contributed by atoms with Crippen molar-refractivity contribution in [2.75, 3.05) is 19.6 Å². The molecule has 0 radical (unpaired) electrons. The SMILES string of the molecule is CCCN1CCC(NCc2cncc(C)c2)CC1. The molecule has 100 valence electrons. The lowest BCUT2D eigenvalue weighted by molar-refractivity contribution is 0.197. The van der Waals surface area contributed by atoms with Crippen molar-refractivity contribution in [2.45, 2.75) is 45.7 Å². The summed E-state index contributed by atoms with van der Waals surface area (Å²) in [5, 5.41) is 3.66. The standard InChI is InChI=1S/C15H25N3/c1-3-6-18-7-4-15(5-8-18)17-12-14-9-13(2)10-16-11-14/h9-11,15,17H,3-8,12H2,1-2H3. The number of hydrogen-bond acceptors (Lipinski definition) is 3. The maximum absolute atomic E-state index is 4.24. The van der Waals surface area contributed by atoms with Crippen LogP contribution >= 0.6 is 0 Å². The van der Waals surface area contributed by atoms with E-state index in [9.17, 15) is 0 Å². The van der Waals surface area contributed by atoms with Crippen molar-refractivity contribution in [3.8, 4) is 0 Å². The molecule has 1 aromatic heterocycles. The molecule has 1 aliphatic heterocycles. The fourth-order valence-electron chi connectivity index (χ4n) is 2.65. The molecule has 0 aromatic carbocycles. The molecular weight excluding hydrogens is 222 g/mol. The Morgan fingerprint density at radius 3 is 2.78 bits per heavy atom. The number of hydrogen-bond donors (Lipinski definition) is 1. The minimum atomic E-state index is 0.679. The second-order valence-electron chi connectivity index (χ2n) is 5.37. The van der Waals surface area contributed by atoms with E-state index in [1.54, 1.807) is 0 Å². The predicted molar refractivity (Wildman–Crippen MR) is 75.6 cm³/mol. The van der Waals surface area contributed by atoms with Crippen LogP contribution in [-0.2, 0) is 6.54 Å². The Kier molecular flexibility index (Phi) is 5.14. The number of aromatic nitrogens is 1. The van der Waals surface area contributed by atoms with Crippen molar-refractivity contribution in [1.82, 2.24) is 15.2 Å². The first-order valence-corrected chi connectivity index (χ1v) is 7.14. The zero-order valence-corrected chi connectivity index (χ0v) is 11.7. The van der Waals surface area contributed by atoms with Gasteiger partial charge in [-0.05, 0) is 56.9 Å². The van der Waals surface area contributed by atoms with Gasteiger partial charge >= 0.3 is 0 Å². The Bertz CT molecular complexity index is 357. The van der Waals surface area contributed by atoms with E-state index >= 15 is 0 Å².